The molecule has 144 valence electrons. The minimum absolute atomic E-state index is 0.0207. The zero-order chi connectivity index (χ0) is 20.1. The highest BCUT2D eigenvalue weighted by Crippen LogP contribution is 2.38. The molecule has 0 atom stereocenters. The molecule has 4 rings (SSSR count). The molecule has 0 fully saturated rings. The van der Waals surface area contributed by atoms with Crippen molar-refractivity contribution in [1.82, 2.24) is 0 Å². The van der Waals surface area contributed by atoms with Crippen LogP contribution < -0.4 is 9.47 Å². The molecular formula is C25H18Cl2O2. The molecule has 0 aliphatic rings. The number of ether oxygens (including phenoxy) is 2. The van der Waals surface area contributed by atoms with E-state index in [4.69, 9.17) is 32.7 Å². The van der Waals surface area contributed by atoms with Crippen LogP contribution in [0.2, 0.25) is 10.0 Å². The van der Waals surface area contributed by atoms with Crippen LogP contribution in [0.5, 0.6) is 11.5 Å². The van der Waals surface area contributed by atoms with Crippen molar-refractivity contribution >= 4 is 23.2 Å². The largest absolute Gasteiger partial charge is 0.455 e. The molecule has 0 spiro atoms. The Morgan fingerprint density at radius 1 is 0.483 bits per heavy atom. The lowest BCUT2D eigenvalue weighted by molar-refractivity contribution is 0.121. The van der Waals surface area contributed by atoms with Crippen LogP contribution in [0.4, 0.5) is 0 Å². The Morgan fingerprint density at radius 2 is 0.897 bits per heavy atom. The molecule has 4 aromatic rings. The van der Waals surface area contributed by atoms with Gasteiger partial charge in [0.25, 0.3) is 0 Å². The van der Waals surface area contributed by atoms with Gasteiger partial charge >= 0.3 is 0 Å². The first-order chi connectivity index (χ1) is 14.2. The van der Waals surface area contributed by atoms with Crippen molar-refractivity contribution in [2.24, 2.45) is 0 Å². The Labute approximate surface area is 180 Å². The maximum Gasteiger partial charge on any atom is 0.231 e. The first-order valence-corrected chi connectivity index (χ1v) is 9.93. The number of halogens is 2. The molecule has 4 heteroatoms. The fourth-order valence-corrected chi connectivity index (χ4v) is 3.61. The van der Waals surface area contributed by atoms with E-state index in [1.165, 1.54) is 0 Å². The van der Waals surface area contributed by atoms with Gasteiger partial charge in [-0.1, -0.05) is 108 Å². The van der Waals surface area contributed by atoms with E-state index in [0.717, 1.165) is 22.3 Å². The van der Waals surface area contributed by atoms with Gasteiger partial charge in [0.05, 0.1) is 10.0 Å². The maximum atomic E-state index is 6.41. The first-order valence-electron chi connectivity index (χ1n) is 9.17. The topological polar surface area (TPSA) is 18.5 Å². The van der Waals surface area contributed by atoms with Crippen LogP contribution >= 0.6 is 23.2 Å². The molecule has 0 amide bonds. The second-order valence-electron chi connectivity index (χ2n) is 6.37. The van der Waals surface area contributed by atoms with Crippen molar-refractivity contribution in [3.05, 3.63) is 107 Å². The molecule has 2 nitrogen and oxygen atoms in total. The van der Waals surface area contributed by atoms with Gasteiger partial charge in [-0.05, 0) is 23.3 Å². The Balaban J connectivity index is 1.59. The zero-order valence-corrected chi connectivity index (χ0v) is 17.0. The summed E-state index contributed by atoms with van der Waals surface area (Å²) in [5.41, 5.74) is 3.86. The molecule has 0 aromatic heterocycles. The van der Waals surface area contributed by atoms with Crippen molar-refractivity contribution < 1.29 is 9.47 Å². The van der Waals surface area contributed by atoms with Crippen molar-refractivity contribution in [3.63, 3.8) is 0 Å². The lowest BCUT2D eigenvalue weighted by Crippen LogP contribution is -2.08. The molecule has 4 aromatic carbocycles. The van der Waals surface area contributed by atoms with E-state index in [-0.39, 0.29) is 6.79 Å². The van der Waals surface area contributed by atoms with Gasteiger partial charge in [-0.15, -0.1) is 0 Å². The third kappa shape index (κ3) is 4.40. The van der Waals surface area contributed by atoms with E-state index in [1.54, 1.807) is 12.1 Å². The molecule has 0 heterocycles. The summed E-state index contributed by atoms with van der Waals surface area (Å²) in [6.45, 7) is -0.0207. The lowest BCUT2D eigenvalue weighted by Gasteiger charge is -2.16. The molecule has 0 radical (unpaired) electrons. The summed E-state index contributed by atoms with van der Waals surface area (Å²) in [5, 5.41) is 1.05. The monoisotopic (exact) mass is 420 g/mol. The second kappa shape index (κ2) is 9.04. The van der Waals surface area contributed by atoms with E-state index >= 15 is 0 Å². The van der Waals surface area contributed by atoms with Crippen LogP contribution in [0.3, 0.4) is 0 Å². The van der Waals surface area contributed by atoms with Gasteiger partial charge in [0.2, 0.25) is 6.79 Å². The summed E-state index contributed by atoms with van der Waals surface area (Å²) in [7, 11) is 0. The average molecular weight is 421 g/mol. The van der Waals surface area contributed by atoms with Gasteiger partial charge in [-0.25, -0.2) is 0 Å². The van der Waals surface area contributed by atoms with Crippen molar-refractivity contribution in [3.8, 4) is 33.8 Å². The summed E-state index contributed by atoms with van der Waals surface area (Å²) in [5.74, 6) is 1.15. The molecule has 0 saturated carbocycles. The summed E-state index contributed by atoms with van der Waals surface area (Å²) < 4.78 is 11.9. The fourth-order valence-electron chi connectivity index (χ4n) is 3.15. The normalized spacial score (nSPS) is 10.6. The van der Waals surface area contributed by atoms with Crippen LogP contribution in [0.15, 0.2) is 97.1 Å². The smallest absolute Gasteiger partial charge is 0.231 e. The van der Waals surface area contributed by atoms with Crippen LogP contribution in [0, 0.1) is 0 Å². The molecule has 0 bridgehead atoms. The molecule has 0 aliphatic heterocycles. The number of para-hydroxylation sites is 2. The third-order valence-electron chi connectivity index (χ3n) is 4.51. The lowest BCUT2D eigenvalue weighted by atomic mass is 10.0. The van der Waals surface area contributed by atoms with Gasteiger partial charge < -0.3 is 9.47 Å². The minimum Gasteiger partial charge on any atom is -0.455 e. The molecule has 0 saturated heterocycles. The standard InChI is InChI=1S/C25H18Cl2O2/c26-22-15-7-13-20(18-9-3-1-4-10-18)24(22)28-17-29-25-21(14-8-16-23(25)27)19-11-5-2-6-12-19/h1-16H,17H2. The molecular weight excluding hydrogens is 403 g/mol. The zero-order valence-electron chi connectivity index (χ0n) is 15.5. The van der Waals surface area contributed by atoms with E-state index in [1.807, 2.05) is 84.9 Å². The van der Waals surface area contributed by atoms with Crippen LogP contribution in [0.25, 0.3) is 22.3 Å². The third-order valence-corrected chi connectivity index (χ3v) is 5.11. The quantitative estimate of drug-likeness (QED) is 0.297. The van der Waals surface area contributed by atoms with E-state index < -0.39 is 0 Å². The second-order valence-corrected chi connectivity index (χ2v) is 7.19. The average Bonchev–Trinajstić information content (AvgIpc) is 2.77. The van der Waals surface area contributed by atoms with Crippen molar-refractivity contribution in [2.75, 3.05) is 6.79 Å². The van der Waals surface area contributed by atoms with Crippen LogP contribution in [-0.2, 0) is 0 Å². The molecule has 29 heavy (non-hydrogen) atoms. The number of hydrogen-bond acceptors (Lipinski definition) is 2. The predicted molar refractivity (Wildman–Crippen MR) is 120 cm³/mol. The van der Waals surface area contributed by atoms with Crippen LogP contribution in [0.1, 0.15) is 0 Å². The minimum atomic E-state index is -0.0207. The summed E-state index contributed by atoms with van der Waals surface area (Å²) in [4.78, 5) is 0. The molecule has 0 unspecified atom stereocenters. The maximum absolute atomic E-state index is 6.41. The highest BCUT2D eigenvalue weighted by atomic mass is 35.5. The highest BCUT2D eigenvalue weighted by molar-refractivity contribution is 6.33. The molecule has 0 aliphatic carbocycles. The predicted octanol–water partition coefficient (Wildman–Crippen LogP) is 7.74. The van der Waals surface area contributed by atoms with E-state index in [9.17, 15) is 0 Å². The Morgan fingerprint density at radius 3 is 1.31 bits per heavy atom. The summed E-state index contributed by atoms with van der Waals surface area (Å²) in [6.07, 6.45) is 0. The van der Waals surface area contributed by atoms with Gasteiger partial charge in [-0.2, -0.15) is 0 Å². The first kappa shape index (κ1) is 19.4. The Kier molecular flexibility index (Phi) is 6.04. The van der Waals surface area contributed by atoms with Crippen LogP contribution in [-0.4, -0.2) is 6.79 Å². The van der Waals surface area contributed by atoms with Gasteiger partial charge in [0.1, 0.15) is 11.5 Å². The van der Waals surface area contributed by atoms with Gasteiger partial charge in [0, 0.05) is 11.1 Å². The van der Waals surface area contributed by atoms with Gasteiger partial charge in [-0.3, -0.25) is 0 Å². The van der Waals surface area contributed by atoms with Gasteiger partial charge in [0.15, 0.2) is 0 Å². The Hall–Kier alpha value is -2.94. The highest BCUT2D eigenvalue weighted by Gasteiger charge is 2.13. The molecule has 0 N–H and O–H groups in total. The number of hydrogen-bond donors (Lipinski definition) is 0. The Bertz CT molecular complexity index is 1010. The van der Waals surface area contributed by atoms with E-state index in [0.29, 0.717) is 21.5 Å². The fraction of sp³-hybridized carbons (Fsp3) is 0.0400. The summed E-state index contributed by atoms with van der Waals surface area (Å²) >= 11 is 12.8. The van der Waals surface area contributed by atoms with Crippen molar-refractivity contribution in [1.29, 1.82) is 0 Å². The SMILES string of the molecule is Clc1cccc(-c2ccccc2)c1OCOc1c(Cl)cccc1-c1ccccc1. The van der Waals surface area contributed by atoms with E-state index in [2.05, 4.69) is 0 Å². The number of benzene rings is 4. The number of rotatable bonds is 6. The van der Waals surface area contributed by atoms with Crippen molar-refractivity contribution in [2.45, 2.75) is 0 Å². The summed E-state index contributed by atoms with van der Waals surface area (Å²) in [6, 6.07) is 31.3.